The van der Waals surface area contributed by atoms with Crippen LogP contribution in [0, 0.1) is 13.8 Å². The molecule has 0 unspecified atom stereocenters. The topological polar surface area (TPSA) is 20.2 Å². The van der Waals surface area contributed by atoms with Gasteiger partial charge in [0.05, 0.1) is 8.07 Å². The molecule has 22 heavy (non-hydrogen) atoms. The summed E-state index contributed by atoms with van der Waals surface area (Å²) in [6, 6.07) is 16.2. The molecular formula is C20H26OSi. The molecule has 0 radical (unpaired) electrons. The molecule has 0 aliphatic rings. The van der Waals surface area contributed by atoms with Gasteiger partial charge in [-0.05, 0) is 30.2 Å². The summed E-state index contributed by atoms with van der Waals surface area (Å²) in [5.74, 6) is 0. The predicted molar refractivity (Wildman–Crippen MR) is 97.8 cm³/mol. The number of aryl methyl sites for hydroxylation is 2. The molecule has 1 N–H and O–H groups in total. The van der Waals surface area contributed by atoms with Crippen molar-refractivity contribution in [2.75, 3.05) is 0 Å². The van der Waals surface area contributed by atoms with E-state index < -0.39 is 13.7 Å². The Hall–Kier alpha value is -1.64. The fraction of sp³-hybridized carbons (Fsp3) is 0.300. The summed E-state index contributed by atoms with van der Waals surface area (Å²) in [6.45, 7) is 15.1. The third-order valence-electron chi connectivity index (χ3n) is 4.28. The molecule has 2 aromatic carbocycles. The number of benzene rings is 2. The predicted octanol–water partition coefficient (Wildman–Crippen LogP) is 4.97. The van der Waals surface area contributed by atoms with Crippen molar-refractivity contribution in [2.45, 2.75) is 39.1 Å². The van der Waals surface area contributed by atoms with E-state index in [1.165, 1.54) is 11.1 Å². The van der Waals surface area contributed by atoms with E-state index in [9.17, 15) is 5.11 Å². The molecule has 116 valence electrons. The maximum absolute atomic E-state index is 11.7. The van der Waals surface area contributed by atoms with Crippen LogP contribution in [0.3, 0.4) is 0 Å². The third kappa shape index (κ3) is 3.08. The molecule has 0 saturated heterocycles. The minimum Gasteiger partial charge on any atom is -0.377 e. The summed E-state index contributed by atoms with van der Waals surface area (Å²) in [5, 5.41) is 12.6. The summed E-state index contributed by atoms with van der Waals surface area (Å²) in [6.07, 6.45) is 0. The Morgan fingerprint density at radius 1 is 0.818 bits per heavy atom. The van der Waals surface area contributed by atoms with E-state index in [1.807, 2.05) is 48.5 Å². The SMILES string of the molecule is C=C(C(O)(c1ccc(C)cc1)c1ccc(C)cc1)[Si](C)(C)C. The van der Waals surface area contributed by atoms with E-state index in [0.29, 0.717) is 0 Å². The van der Waals surface area contributed by atoms with Gasteiger partial charge in [0.1, 0.15) is 5.60 Å². The highest BCUT2D eigenvalue weighted by atomic mass is 28.3. The molecule has 2 rings (SSSR count). The van der Waals surface area contributed by atoms with Gasteiger partial charge in [0, 0.05) is 0 Å². The average molecular weight is 311 g/mol. The van der Waals surface area contributed by atoms with Crippen molar-refractivity contribution in [3.8, 4) is 0 Å². The molecule has 2 aromatic rings. The van der Waals surface area contributed by atoms with Crippen molar-refractivity contribution in [2.24, 2.45) is 0 Å². The van der Waals surface area contributed by atoms with E-state index >= 15 is 0 Å². The van der Waals surface area contributed by atoms with Gasteiger partial charge in [-0.1, -0.05) is 79.3 Å². The summed E-state index contributed by atoms with van der Waals surface area (Å²) in [4.78, 5) is 0. The van der Waals surface area contributed by atoms with Crippen LogP contribution in [-0.2, 0) is 5.60 Å². The van der Waals surface area contributed by atoms with Crippen LogP contribution in [0.15, 0.2) is 60.3 Å². The van der Waals surface area contributed by atoms with Crippen LogP contribution in [0.25, 0.3) is 0 Å². The van der Waals surface area contributed by atoms with E-state index in [4.69, 9.17) is 0 Å². The first-order valence-electron chi connectivity index (χ1n) is 7.72. The molecule has 0 amide bonds. The Bertz CT molecular complexity index is 615. The highest BCUT2D eigenvalue weighted by Crippen LogP contribution is 2.40. The highest BCUT2D eigenvalue weighted by Gasteiger charge is 2.40. The van der Waals surface area contributed by atoms with Crippen molar-refractivity contribution in [1.82, 2.24) is 0 Å². The van der Waals surface area contributed by atoms with E-state index in [0.717, 1.165) is 16.3 Å². The van der Waals surface area contributed by atoms with Crippen LogP contribution in [0.2, 0.25) is 19.6 Å². The maximum atomic E-state index is 11.7. The Morgan fingerprint density at radius 2 is 1.14 bits per heavy atom. The normalized spacial score (nSPS) is 12.3. The minimum atomic E-state index is -1.73. The van der Waals surface area contributed by atoms with Gasteiger partial charge in [0.15, 0.2) is 0 Å². The van der Waals surface area contributed by atoms with Gasteiger partial charge in [-0.25, -0.2) is 0 Å². The zero-order chi connectivity index (χ0) is 16.5. The summed E-state index contributed by atoms with van der Waals surface area (Å²) >= 11 is 0. The number of aliphatic hydroxyl groups is 1. The Kier molecular flexibility index (Phi) is 4.46. The van der Waals surface area contributed by atoms with Crippen LogP contribution in [0.4, 0.5) is 0 Å². The number of hydrogen-bond donors (Lipinski definition) is 1. The fourth-order valence-electron chi connectivity index (χ4n) is 2.65. The second-order valence-corrected chi connectivity index (χ2v) is 12.3. The number of rotatable bonds is 4. The molecule has 0 heterocycles. The zero-order valence-corrected chi connectivity index (χ0v) is 15.3. The molecule has 0 spiro atoms. The smallest absolute Gasteiger partial charge is 0.132 e. The molecule has 2 heteroatoms. The van der Waals surface area contributed by atoms with Crippen molar-refractivity contribution in [1.29, 1.82) is 0 Å². The fourth-order valence-corrected chi connectivity index (χ4v) is 4.02. The molecule has 0 saturated carbocycles. The van der Waals surface area contributed by atoms with Crippen molar-refractivity contribution < 1.29 is 5.11 Å². The molecule has 0 aliphatic heterocycles. The molecule has 0 fully saturated rings. The summed E-state index contributed by atoms with van der Waals surface area (Å²) in [7, 11) is -1.73. The van der Waals surface area contributed by atoms with Gasteiger partial charge in [0.2, 0.25) is 0 Å². The second-order valence-electron chi connectivity index (χ2n) is 7.17. The quantitative estimate of drug-likeness (QED) is 0.790. The first-order chi connectivity index (χ1) is 10.2. The van der Waals surface area contributed by atoms with E-state index in [2.05, 4.69) is 40.1 Å². The lowest BCUT2D eigenvalue weighted by Gasteiger charge is -2.37. The Balaban J connectivity index is 2.66. The van der Waals surface area contributed by atoms with Gasteiger partial charge < -0.3 is 5.11 Å². The molecule has 0 bridgehead atoms. The largest absolute Gasteiger partial charge is 0.377 e. The summed E-state index contributed by atoms with van der Waals surface area (Å²) in [5.41, 5.74) is 3.05. The third-order valence-corrected chi connectivity index (χ3v) is 6.45. The van der Waals surface area contributed by atoms with Gasteiger partial charge in [-0.2, -0.15) is 0 Å². The summed E-state index contributed by atoms with van der Waals surface area (Å²) < 4.78 is 0. The molecular weight excluding hydrogens is 284 g/mol. The van der Waals surface area contributed by atoms with E-state index in [-0.39, 0.29) is 0 Å². The van der Waals surface area contributed by atoms with Gasteiger partial charge in [-0.15, -0.1) is 6.58 Å². The van der Waals surface area contributed by atoms with E-state index in [1.54, 1.807) is 0 Å². The Labute approximate surface area is 135 Å². The van der Waals surface area contributed by atoms with Gasteiger partial charge >= 0.3 is 0 Å². The van der Waals surface area contributed by atoms with Crippen LogP contribution in [0.1, 0.15) is 22.3 Å². The standard InChI is InChI=1S/C20H26OSi/c1-15-7-11-18(12-8-15)20(21,17(3)22(4,5)6)19-13-9-16(2)10-14-19/h7-14,21H,3H2,1-2,4-6H3. The zero-order valence-electron chi connectivity index (χ0n) is 14.3. The first-order valence-corrected chi connectivity index (χ1v) is 11.2. The first kappa shape index (κ1) is 16.7. The molecule has 0 aliphatic carbocycles. The van der Waals surface area contributed by atoms with Crippen LogP contribution < -0.4 is 0 Å². The van der Waals surface area contributed by atoms with Crippen molar-refractivity contribution in [3.05, 3.63) is 82.6 Å². The average Bonchev–Trinajstić information content (AvgIpc) is 2.46. The maximum Gasteiger partial charge on any atom is 0.132 e. The Morgan fingerprint density at radius 3 is 1.41 bits per heavy atom. The monoisotopic (exact) mass is 310 g/mol. The van der Waals surface area contributed by atoms with Gasteiger partial charge in [0.25, 0.3) is 0 Å². The van der Waals surface area contributed by atoms with Crippen LogP contribution >= 0.6 is 0 Å². The van der Waals surface area contributed by atoms with Crippen LogP contribution in [0.5, 0.6) is 0 Å². The van der Waals surface area contributed by atoms with Crippen molar-refractivity contribution in [3.63, 3.8) is 0 Å². The molecule has 0 atom stereocenters. The molecule has 1 nitrogen and oxygen atoms in total. The molecule has 0 aromatic heterocycles. The highest BCUT2D eigenvalue weighted by molar-refractivity contribution is 6.83. The van der Waals surface area contributed by atoms with Crippen LogP contribution in [-0.4, -0.2) is 13.2 Å². The minimum absolute atomic E-state index is 0.898. The van der Waals surface area contributed by atoms with Crippen molar-refractivity contribution >= 4 is 8.07 Å². The lowest BCUT2D eigenvalue weighted by Crippen LogP contribution is -2.41. The van der Waals surface area contributed by atoms with Gasteiger partial charge in [-0.3, -0.25) is 0 Å². The lowest BCUT2D eigenvalue weighted by atomic mass is 9.85. The number of hydrogen-bond acceptors (Lipinski definition) is 1. The second kappa shape index (κ2) is 5.86. The lowest BCUT2D eigenvalue weighted by molar-refractivity contribution is 0.128.